The first kappa shape index (κ1) is 42.6. The summed E-state index contributed by atoms with van der Waals surface area (Å²) in [5.41, 5.74) is 0. The SMILES string of the molecule is [CH2-]C[CH2-].[CH3-].[CH3-].[Y+3].[Y].[Y]. The van der Waals surface area contributed by atoms with E-state index in [9.17, 15) is 0 Å². The Kier molecular flexibility index (Phi) is 256. The van der Waals surface area contributed by atoms with Gasteiger partial charge in [-0.15, -0.1) is 0 Å². The topological polar surface area (TPSA) is 0 Å². The van der Waals surface area contributed by atoms with Crippen LogP contribution in [0.4, 0.5) is 0 Å². The molecule has 2 radical (unpaired) electrons. The second-order valence-corrected chi connectivity index (χ2v) is 0.354. The van der Waals surface area contributed by atoms with Crippen LogP contribution in [0.25, 0.3) is 0 Å². The monoisotopic (exact) mass is 339 g/mol. The van der Waals surface area contributed by atoms with Gasteiger partial charge in [0.1, 0.15) is 0 Å². The molecule has 0 aromatic rings. The third-order valence-electron chi connectivity index (χ3n) is 0. The second-order valence-electron chi connectivity index (χ2n) is 0.354. The van der Waals surface area contributed by atoms with Crippen LogP contribution in [0.15, 0.2) is 0 Å². The maximum absolute atomic E-state index is 3.38. The summed E-state index contributed by atoms with van der Waals surface area (Å²) < 4.78 is 0. The van der Waals surface area contributed by atoms with E-state index in [-0.39, 0.29) is 113 Å². The summed E-state index contributed by atoms with van der Waals surface area (Å²) in [5, 5.41) is 0. The fourth-order valence-corrected chi connectivity index (χ4v) is 0. The van der Waals surface area contributed by atoms with Crippen molar-refractivity contribution < 1.29 is 98.1 Å². The Morgan fingerprint density at radius 1 is 0.875 bits per heavy atom. The third kappa shape index (κ3) is 58.7. The van der Waals surface area contributed by atoms with Gasteiger partial charge >= 0.3 is 32.7 Å². The van der Waals surface area contributed by atoms with Crippen molar-refractivity contribution in [3.8, 4) is 0 Å². The van der Waals surface area contributed by atoms with Crippen LogP contribution in [0, 0.1) is 28.7 Å². The average molecular weight is 339 g/mol. The molecule has 0 atom stereocenters. The van der Waals surface area contributed by atoms with Crippen molar-refractivity contribution in [1.29, 1.82) is 0 Å². The molecule has 0 fully saturated rings. The molecular formula is C5H12Y3-. The van der Waals surface area contributed by atoms with E-state index < -0.39 is 0 Å². The summed E-state index contributed by atoms with van der Waals surface area (Å²) in [6, 6.07) is 0. The third-order valence-corrected chi connectivity index (χ3v) is 0. The van der Waals surface area contributed by atoms with E-state index in [0.29, 0.717) is 0 Å². The van der Waals surface area contributed by atoms with Crippen LogP contribution in [0.1, 0.15) is 6.42 Å². The molecule has 0 unspecified atom stereocenters. The number of hydrogen-bond donors (Lipinski definition) is 0. The molecule has 0 saturated heterocycles. The zero-order valence-corrected chi connectivity index (χ0v) is 14.4. The van der Waals surface area contributed by atoms with Gasteiger partial charge < -0.3 is 35.1 Å². The van der Waals surface area contributed by atoms with E-state index in [2.05, 4.69) is 13.8 Å². The van der Waals surface area contributed by atoms with Gasteiger partial charge in [-0.2, -0.15) is 0 Å². The predicted molar refractivity (Wildman–Crippen MR) is 28.2 cm³/mol. The van der Waals surface area contributed by atoms with E-state index in [1.165, 1.54) is 0 Å². The van der Waals surface area contributed by atoms with Gasteiger partial charge in [0.25, 0.3) is 0 Å². The first-order valence-electron chi connectivity index (χ1n) is 1.000. The Balaban J connectivity index is -0.00000000200. The normalized spacial score (nSPS) is 2.25. The molecule has 0 rings (SSSR count). The molecular weight excluding hydrogens is 327 g/mol. The van der Waals surface area contributed by atoms with E-state index in [4.69, 9.17) is 0 Å². The average Bonchev–Trinajstić information content (AvgIpc) is 0.918. The minimum atomic E-state index is 0. The summed E-state index contributed by atoms with van der Waals surface area (Å²) in [6.45, 7) is 6.75. The van der Waals surface area contributed by atoms with Crippen molar-refractivity contribution in [3.05, 3.63) is 28.7 Å². The zero-order chi connectivity index (χ0) is 2.71. The fraction of sp³-hybridized carbons (Fsp3) is 0.200. The first-order chi connectivity index (χ1) is 1.41. The van der Waals surface area contributed by atoms with Crippen LogP contribution in [-0.4, -0.2) is 0 Å². The predicted octanol–water partition coefficient (Wildman–Crippen LogP) is 1.94. The van der Waals surface area contributed by atoms with Crippen LogP contribution in [0.2, 0.25) is 0 Å². The van der Waals surface area contributed by atoms with Gasteiger partial charge in [-0.1, -0.05) is 0 Å². The molecule has 0 aliphatic rings. The molecule has 8 heavy (non-hydrogen) atoms. The van der Waals surface area contributed by atoms with Crippen molar-refractivity contribution in [3.63, 3.8) is 0 Å². The Bertz CT molecular complexity index is 7.64. The first-order valence-corrected chi connectivity index (χ1v) is 1.000. The van der Waals surface area contributed by atoms with E-state index in [1.54, 1.807) is 0 Å². The zero-order valence-electron chi connectivity index (χ0n) is 5.85. The molecule has 0 aromatic heterocycles. The number of hydrogen-bond acceptors (Lipinski definition) is 0. The Labute approximate surface area is 130 Å². The van der Waals surface area contributed by atoms with Gasteiger partial charge in [-0.25, -0.2) is 0 Å². The van der Waals surface area contributed by atoms with E-state index in [1.807, 2.05) is 0 Å². The van der Waals surface area contributed by atoms with Crippen LogP contribution >= 0.6 is 0 Å². The quantitative estimate of drug-likeness (QED) is 0.592. The van der Waals surface area contributed by atoms with Crippen molar-refractivity contribution in [1.82, 2.24) is 0 Å². The van der Waals surface area contributed by atoms with Gasteiger partial charge in [0.15, 0.2) is 0 Å². The molecule has 0 amide bonds. The number of rotatable bonds is 0. The molecule has 0 heterocycles. The molecule has 0 aliphatic heterocycles. The van der Waals surface area contributed by atoms with Crippen LogP contribution in [-0.2, 0) is 98.1 Å². The maximum atomic E-state index is 3.38. The Morgan fingerprint density at radius 3 is 0.875 bits per heavy atom. The molecule has 0 aliphatic carbocycles. The van der Waals surface area contributed by atoms with Crippen LogP contribution < -0.4 is 0 Å². The maximum Gasteiger partial charge on any atom is 3.00 e. The second kappa shape index (κ2) is 48.1. The molecule has 0 nitrogen and oxygen atoms in total. The van der Waals surface area contributed by atoms with Gasteiger partial charge in [-0.3, -0.25) is 0 Å². The molecule has 3 heteroatoms. The van der Waals surface area contributed by atoms with E-state index in [0.717, 1.165) is 6.42 Å². The van der Waals surface area contributed by atoms with Gasteiger partial charge in [-0.05, 0) is 0 Å². The molecule has 42 valence electrons. The summed E-state index contributed by atoms with van der Waals surface area (Å²) in [5.74, 6) is 0. The van der Waals surface area contributed by atoms with E-state index >= 15 is 0 Å². The van der Waals surface area contributed by atoms with Crippen molar-refractivity contribution in [2.75, 3.05) is 0 Å². The summed E-state index contributed by atoms with van der Waals surface area (Å²) in [6.07, 6.45) is 0.750. The fourth-order valence-electron chi connectivity index (χ4n) is 0. The van der Waals surface area contributed by atoms with Crippen molar-refractivity contribution >= 4 is 0 Å². The largest absolute Gasteiger partial charge is 3.00 e. The summed E-state index contributed by atoms with van der Waals surface area (Å²) in [4.78, 5) is 0. The summed E-state index contributed by atoms with van der Waals surface area (Å²) in [7, 11) is 0. The molecule has 0 saturated carbocycles. The molecule has 0 aromatic carbocycles. The van der Waals surface area contributed by atoms with Gasteiger partial charge in [0.05, 0.1) is 0 Å². The minimum absolute atomic E-state index is 0. The smallest absolute Gasteiger partial charge is 0.372 e. The molecule has 0 bridgehead atoms. The standard InChI is InChI=1S/C3H6.2CH3.3Y/c1-3-2;;;;;/h1-3H2;2*1H3;;;/q-2;2*-1;;;+3. The van der Waals surface area contributed by atoms with Gasteiger partial charge in [0.2, 0.25) is 0 Å². The molecule has 0 spiro atoms. The Morgan fingerprint density at radius 2 is 0.875 bits per heavy atom. The van der Waals surface area contributed by atoms with Crippen molar-refractivity contribution in [2.45, 2.75) is 6.42 Å². The van der Waals surface area contributed by atoms with Gasteiger partial charge in [0, 0.05) is 65.4 Å². The van der Waals surface area contributed by atoms with Crippen molar-refractivity contribution in [2.24, 2.45) is 0 Å². The Hall–Kier alpha value is 3.31. The minimum Gasteiger partial charge on any atom is -0.372 e. The van der Waals surface area contributed by atoms with Crippen LogP contribution in [0.3, 0.4) is 0 Å². The van der Waals surface area contributed by atoms with Crippen LogP contribution in [0.5, 0.6) is 0 Å². The summed E-state index contributed by atoms with van der Waals surface area (Å²) >= 11 is 0. The molecule has 0 N–H and O–H groups in total.